The van der Waals surface area contributed by atoms with Gasteiger partial charge in [-0.3, -0.25) is 0 Å². The summed E-state index contributed by atoms with van der Waals surface area (Å²) in [4.78, 5) is 12.4. The molecule has 2 heterocycles. The summed E-state index contributed by atoms with van der Waals surface area (Å²) in [5.41, 5.74) is 2.46. The lowest BCUT2D eigenvalue weighted by Gasteiger charge is -2.28. The summed E-state index contributed by atoms with van der Waals surface area (Å²) >= 11 is 0. The minimum atomic E-state index is -0.805. The number of hydrogen-bond donors (Lipinski definition) is 2. The second kappa shape index (κ2) is 3.40. The van der Waals surface area contributed by atoms with E-state index < -0.39 is 6.09 Å². The molecule has 0 saturated carbocycles. The number of fused-ring (bicyclic) bond motifs is 2. The number of likely N-dealkylation sites (tertiary alicyclic amines) is 1. The predicted molar refractivity (Wildman–Crippen MR) is 60.6 cm³/mol. The van der Waals surface area contributed by atoms with Crippen LogP contribution in [-0.2, 0) is 6.42 Å². The number of carboxylic acid groups (broad SMARTS) is 1. The van der Waals surface area contributed by atoms with E-state index in [1.54, 1.807) is 0 Å². The fraction of sp³-hybridized carbons (Fsp3) is 0.417. The summed E-state index contributed by atoms with van der Waals surface area (Å²) in [5.74, 6) is 0.422. The normalized spacial score (nSPS) is 26.9. The molecule has 0 spiro atoms. The highest BCUT2D eigenvalue weighted by molar-refractivity contribution is 5.66. The molecule has 1 saturated heterocycles. The largest absolute Gasteiger partial charge is 0.465 e. The Kier molecular flexibility index (Phi) is 2.02. The van der Waals surface area contributed by atoms with Crippen LogP contribution in [0.15, 0.2) is 24.3 Å². The van der Waals surface area contributed by atoms with Gasteiger partial charge in [0, 0.05) is 30.7 Å². The molecule has 4 heteroatoms. The minimum Gasteiger partial charge on any atom is -0.465 e. The van der Waals surface area contributed by atoms with Crippen LogP contribution < -0.4 is 5.32 Å². The predicted octanol–water partition coefficient (Wildman–Crippen LogP) is 1.63. The third kappa shape index (κ3) is 1.41. The number of nitrogens with one attached hydrogen (secondary N) is 1. The van der Waals surface area contributed by atoms with Crippen molar-refractivity contribution in [3.8, 4) is 0 Å². The van der Waals surface area contributed by atoms with Crippen molar-refractivity contribution < 1.29 is 9.90 Å². The zero-order valence-electron chi connectivity index (χ0n) is 8.89. The fourth-order valence-electron chi connectivity index (χ4n) is 2.72. The molecule has 1 aromatic rings. The Labute approximate surface area is 93.9 Å². The second-order valence-electron chi connectivity index (χ2n) is 4.56. The lowest BCUT2D eigenvalue weighted by Crippen LogP contribution is -2.34. The van der Waals surface area contributed by atoms with E-state index in [0.717, 1.165) is 12.1 Å². The topological polar surface area (TPSA) is 52.6 Å². The minimum absolute atomic E-state index is 0.283. The van der Waals surface area contributed by atoms with Crippen molar-refractivity contribution in [3.63, 3.8) is 0 Å². The Hall–Kier alpha value is -1.71. The van der Waals surface area contributed by atoms with E-state index in [0.29, 0.717) is 19.0 Å². The molecule has 2 unspecified atom stereocenters. The summed E-state index contributed by atoms with van der Waals surface area (Å²) in [6, 6.07) is 8.50. The van der Waals surface area contributed by atoms with Gasteiger partial charge in [0.1, 0.15) is 0 Å². The van der Waals surface area contributed by atoms with Gasteiger partial charge < -0.3 is 15.3 Å². The van der Waals surface area contributed by atoms with Crippen LogP contribution in [0.3, 0.4) is 0 Å². The van der Waals surface area contributed by atoms with E-state index in [-0.39, 0.29) is 6.04 Å². The number of anilines is 1. The maximum atomic E-state index is 10.9. The number of carbonyl (C=O) groups is 1. The zero-order valence-corrected chi connectivity index (χ0v) is 8.89. The van der Waals surface area contributed by atoms with E-state index in [1.807, 2.05) is 12.1 Å². The van der Waals surface area contributed by atoms with Crippen molar-refractivity contribution in [3.05, 3.63) is 29.8 Å². The van der Waals surface area contributed by atoms with Gasteiger partial charge in [-0.25, -0.2) is 4.79 Å². The first-order valence-corrected chi connectivity index (χ1v) is 5.56. The summed E-state index contributed by atoms with van der Waals surface area (Å²) in [5, 5.41) is 12.4. The summed E-state index contributed by atoms with van der Waals surface area (Å²) < 4.78 is 0. The Morgan fingerprint density at radius 3 is 3.00 bits per heavy atom. The van der Waals surface area contributed by atoms with E-state index >= 15 is 0 Å². The lowest BCUT2D eigenvalue weighted by atomic mass is 9.90. The number of nitrogens with zero attached hydrogens (tertiary/aromatic N) is 1. The maximum Gasteiger partial charge on any atom is 0.407 e. The van der Waals surface area contributed by atoms with Gasteiger partial charge in [-0.2, -0.15) is 0 Å². The average molecular weight is 218 g/mol. The molecule has 1 amide bonds. The van der Waals surface area contributed by atoms with E-state index in [1.165, 1.54) is 10.5 Å². The SMILES string of the molecule is O=C(O)N1CC2Cc3ccccc3NC2C1. The molecule has 84 valence electrons. The summed E-state index contributed by atoms with van der Waals surface area (Å²) in [6.45, 7) is 1.26. The zero-order chi connectivity index (χ0) is 11.1. The molecule has 16 heavy (non-hydrogen) atoms. The van der Waals surface area contributed by atoms with Crippen molar-refractivity contribution >= 4 is 11.8 Å². The molecular formula is C12H14N2O2. The fourth-order valence-corrected chi connectivity index (χ4v) is 2.72. The van der Waals surface area contributed by atoms with Crippen LogP contribution in [-0.4, -0.2) is 35.2 Å². The van der Waals surface area contributed by atoms with Gasteiger partial charge in [-0.05, 0) is 18.1 Å². The Balaban J connectivity index is 1.84. The molecule has 1 aromatic carbocycles. The van der Waals surface area contributed by atoms with Crippen molar-refractivity contribution in [2.45, 2.75) is 12.5 Å². The molecule has 0 radical (unpaired) electrons. The first-order valence-electron chi connectivity index (χ1n) is 5.56. The first-order chi connectivity index (χ1) is 7.74. The van der Waals surface area contributed by atoms with Crippen LogP contribution in [0, 0.1) is 5.92 Å². The van der Waals surface area contributed by atoms with Gasteiger partial charge in [-0.15, -0.1) is 0 Å². The van der Waals surface area contributed by atoms with Crippen molar-refractivity contribution in [1.82, 2.24) is 4.90 Å². The van der Waals surface area contributed by atoms with Gasteiger partial charge in [0.2, 0.25) is 0 Å². The number of hydrogen-bond acceptors (Lipinski definition) is 2. The molecular weight excluding hydrogens is 204 g/mol. The summed E-state index contributed by atoms with van der Waals surface area (Å²) in [7, 11) is 0. The van der Waals surface area contributed by atoms with Crippen molar-refractivity contribution in [2.75, 3.05) is 18.4 Å². The summed E-state index contributed by atoms with van der Waals surface area (Å²) in [6.07, 6.45) is 0.178. The number of benzene rings is 1. The smallest absolute Gasteiger partial charge is 0.407 e. The van der Waals surface area contributed by atoms with Gasteiger partial charge in [-0.1, -0.05) is 18.2 Å². The third-order valence-electron chi connectivity index (χ3n) is 3.55. The molecule has 3 rings (SSSR count). The average Bonchev–Trinajstić information content (AvgIpc) is 2.68. The van der Waals surface area contributed by atoms with Crippen LogP contribution in [0.25, 0.3) is 0 Å². The molecule has 2 atom stereocenters. The van der Waals surface area contributed by atoms with E-state index in [4.69, 9.17) is 5.11 Å². The number of amides is 1. The standard InChI is InChI=1S/C12H14N2O2/c15-12(16)14-6-9-5-8-3-1-2-4-10(8)13-11(9)7-14/h1-4,9,11,13H,5-7H2,(H,15,16). The van der Waals surface area contributed by atoms with Crippen LogP contribution in [0.4, 0.5) is 10.5 Å². The second-order valence-corrected chi connectivity index (χ2v) is 4.56. The molecule has 0 aliphatic carbocycles. The van der Waals surface area contributed by atoms with Gasteiger partial charge in [0.05, 0.1) is 0 Å². The quantitative estimate of drug-likeness (QED) is 0.696. The molecule has 1 fully saturated rings. The highest BCUT2D eigenvalue weighted by Crippen LogP contribution is 2.32. The van der Waals surface area contributed by atoms with Crippen molar-refractivity contribution in [2.24, 2.45) is 5.92 Å². The highest BCUT2D eigenvalue weighted by atomic mass is 16.4. The lowest BCUT2D eigenvalue weighted by molar-refractivity contribution is 0.154. The molecule has 0 aromatic heterocycles. The van der Waals surface area contributed by atoms with Crippen LogP contribution >= 0.6 is 0 Å². The molecule has 2 aliphatic heterocycles. The van der Waals surface area contributed by atoms with E-state index in [9.17, 15) is 4.79 Å². The van der Waals surface area contributed by atoms with Gasteiger partial charge >= 0.3 is 6.09 Å². The van der Waals surface area contributed by atoms with Crippen LogP contribution in [0.5, 0.6) is 0 Å². The highest BCUT2D eigenvalue weighted by Gasteiger charge is 2.38. The number of para-hydroxylation sites is 1. The third-order valence-corrected chi connectivity index (χ3v) is 3.55. The molecule has 4 nitrogen and oxygen atoms in total. The monoisotopic (exact) mass is 218 g/mol. The maximum absolute atomic E-state index is 10.9. The molecule has 2 aliphatic rings. The Morgan fingerprint density at radius 1 is 1.38 bits per heavy atom. The van der Waals surface area contributed by atoms with E-state index in [2.05, 4.69) is 17.4 Å². The molecule has 2 N–H and O–H groups in total. The Morgan fingerprint density at radius 2 is 2.19 bits per heavy atom. The van der Waals surface area contributed by atoms with Gasteiger partial charge in [0.25, 0.3) is 0 Å². The van der Waals surface area contributed by atoms with Crippen LogP contribution in [0.2, 0.25) is 0 Å². The first kappa shape index (κ1) is 9.51. The van der Waals surface area contributed by atoms with Crippen LogP contribution in [0.1, 0.15) is 5.56 Å². The van der Waals surface area contributed by atoms with Gasteiger partial charge in [0.15, 0.2) is 0 Å². The molecule has 0 bridgehead atoms. The van der Waals surface area contributed by atoms with Crippen molar-refractivity contribution in [1.29, 1.82) is 0 Å². The number of rotatable bonds is 0. The Bertz CT molecular complexity index is 400.